The predicted octanol–water partition coefficient (Wildman–Crippen LogP) is 3.65. The summed E-state index contributed by atoms with van der Waals surface area (Å²) < 4.78 is 72.4. The van der Waals surface area contributed by atoms with E-state index in [1.165, 1.54) is 18.2 Å². The highest BCUT2D eigenvalue weighted by Crippen LogP contribution is 2.35. The third-order valence-electron chi connectivity index (χ3n) is 4.20. The fourth-order valence-electron chi connectivity index (χ4n) is 2.77. The summed E-state index contributed by atoms with van der Waals surface area (Å²) in [6.45, 7) is 3.49. The number of halogens is 3. The van der Waals surface area contributed by atoms with E-state index in [-0.39, 0.29) is 10.6 Å². The Hall–Kier alpha value is -2.26. The van der Waals surface area contributed by atoms with Gasteiger partial charge in [-0.15, -0.1) is 0 Å². The summed E-state index contributed by atoms with van der Waals surface area (Å²) >= 11 is 0. The lowest BCUT2D eigenvalue weighted by Crippen LogP contribution is -2.36. The van der Waals surface area contributed by atoms with Gasteiger partial charge in [-0.25, -0.2) is 8.42 Å². The molecule has 0 radical (unpaired) electrons. The Morgan fingerprint density at radius 3 is 2.26 bits per heavy atom. The summed E-state index contributed by atoms with van der Waals surface area (Å²) in [7, 11) is -4.00. The lowest BCUT2D eigenvalue weighted by molar-refractivity contribution is -0.137. The zero-order valence-electron chi connectivity index (χ0n) is 14.6. The maximum absolute atomic E-state index is 13.3. The molecule has 0 amide bonds. The number of rotatable bonds is 4. The highest BCUT2D eigenvalue weighted by atomic mass is 32.2. The van der Waals surface area contributed by atoms with E-state index in [9.17, 15) is 21.6 Å². The number of nitrogens with zero attached hydrogens (tertiary/aromatic N) is 1. The first kappa shape index (κ1) is 19.5. The monoisotopic (exact) mass is 400 g/mol. The molecule has 27 heavy (non-hydrogen) atoms. The minimum atomic E-state index is -4.59. The summed E-state index contributed by atoms with van der Waals surface area (Å²) in [4.78, 5) is 1.72. The van der Waals surface area contributed by atoms with E-state index >= 15 is 0 Å². The fourth-order valence-corrected chi connectivity index (χ4v) is 3.81. The molecule has 1 N–H and O–H groups in total. The van der Waals surface area contributed by atoms with Gasteiger partial charge in [-0.05, 0) is 37.3 Å². The Balaban J connectivity index is 1.97. The summed E-state index contributed by atoms with van der Waals surface area (Å²) in [5.41, 5.74) is 0.136. The second-order valence-electron chi connectivity index (χ2n) is 6.28. The van der Waals surface area contributed by atoms with E-state index in [0.29, 0.717) is 32.0 Å². The van der Waals surface area contributed by atoms with Gasteiger partial charge < -0.3 is 9.64 Å². The third-order valence-corrected chi connectivity index (χ3v) is 5.60. The molecule has 1 saturated heterocycles. The molecule has 0 atom stereocenters. The average molecular weight is 400 g/mol. The van der Waals surface area contributed by atoms with Crippen molar-refractivity contribution >= 4 is 21.4 Å². The van der Waals surface area contributed by atoms with E-state index in [1.54, 1.807) is 17.0 Å². The van der Waals surface area contributed by atoms with Crippen LogP contribution in [0.15, 0.2) is 47.4 Å². The van der Waals surface area contributed by atoms with Crippen molar-refractivity contribution in [3.63, 3.8) is 0 Å². The topological polar surface area (TPSA) is 58.6 Å². The van der Waals surface area contributed by atoms with Crippen LogP contribution in [-0.2, 0) is 20.9 Å². The van der Waals surface area contributed by atoms with Gasteiger partial charge in [0, 0.05) is 18.8 Å². The number of ether oxygens (including phenoxy) is 1. The number of sulfonamides is 1. The second-order valence-corrected chi connectivity index (χ2v) is 7.97. The molecule has 1 aliphatic heterocycles. The van der Waals surface area contributed by atoms with Crippen LogP contribution < -0.4 is 9.62 Å². The van der Waals surface area contributed by atoms with Crippen LogP contribution in [0.1, 0.15) is 11.1 Å². The standard InChI is InChI=1S/C18H19F3N2O3S/c1-13-2-4-17(5-3-13)27(24,25)22-15-10-14(18(19,20)21)11-16(12-15)23-6-8-26-9-7-23/h2-5,10-12,22H,6-9H2,1H3. The van der Waals surface area contributed by atoms with Gasteiger partial charge >= 0.3 is 6.18 Å². The quantitative estimate of drug-likeness (QED) is 0.851. The molecule has 5 nitrogen and oxygen atoms in total. The number of anilines is 2. The molecule has 2 aromatic carbocycles. The summed E-state index contributed by atoms with van der Waals surface area (Å²) in [6.07, 6.45) is -4.59. The number of hydrogen-bond acceptors (Lipinski definition) is 4. The normalized spacial score (nSPS) is 15.6. The Bertz CT molecular complexity index is 906. The van der Waals surface area contributed by atoms with Gasteiger partial charge in [0.2, 0.25) is 0 Å². The molecule has 0 aliphatic carbocycles. The van der Waals surface area contributed by atoms with E-state index in [1.807, 2.05) is 6.92 Å². The smallest absolute Gasteiger partial charge is 0.378 e. The van der Waals surface area contributed by atoms with Crippen LogP contribution in [-0.4, -0.2) is 34.7 Å². The van der Waals surface area contributed by atoms with Crippen molar-refractivity contribution in [3.8, 4) is 0 Å². The minimum absolute atomic E-state index is 0.0153. The SMILES string of the molecule is Cc1ccc(S(=O)(=O)Nc2cc(N3CCOCC3)cc(C(F)(F)F)c2)cc1. The zero-order chi connectivity index (χ0) is 19.7. The number of nitrogens with one attached hydrogen (secondary N) is 1. The first-order valence-corrected chi connectivity index (χ1v) is 9.78. The lowest BCUT2D eigenvalue weighted by atomic mass is 10.1. The van der Waals surface area contributed by atoms with Crippen molar-refractivity contribution in [1.82, 2.24) is 0 Å². The van der Waals surface area contributed by atoms with E-state index in [0.717, 1.165) is 17.7 Å². The molecule has 0 bridgehead atoms. The predicted molar refractivity (Wildman–Crippen MR) is 96.5 cm³/mol. The van der Waals surface area contributed by atoms with Crippen LogP contribution in [0.3, 0.4) is 0 Å². The summed E-state index contributed by atoms with van der Waals surface area (Å²) in [6, 6.07) is 9.30. The minimum Gasteiger partial charge on any atom is -0.378 e. The molecule has 0 aromatic heterocycles. The molecule has 1 fully saturated rings. The van der Waals surface area contributed by atoms with Crippen molar-refractivity contribution in [2.24, 2.45) is 0 Å². The highest BCUT2D eigenvalue weighted by molar-refractivity contribution is 7.92. The molecular weight excluding hydrogens is 381 g/mol. The van der Waals surface area contributed by atoms with Gasteiger partial charge in [-0.3, -0.25) is 4.72 Å². The Morgan fingerprint density at radius 2 is 1.67 bits per heavy atom. The number of benzene rings is 2. The molecule has 0 unspecified atom stereocenters. The van der Waals surface area contributed by atoms with E-state index in [4.69, 9.17) is 4.74 Å². The van der Waals surface area contributed by atoms with Crippen molar-refractivity contribution in [3.05, 3.63) is 53.6 Å². The van der Waals surface area contributed by atoms with Crippen LogP contribution in [0.4, 0.5) is 24.5 Å². The number of alkyl halides is 3. The fraction of sp³-hybridized carbons (Fsp3) is 0.333. The van der Waals surface area contributed by atoms with Crippen molar-refractivity contribution in [1.29, 1.82) is 0 Å². The summed E-state index contributed by atoms with van der Waals surface area (Å²) in [5, 5.41) is 0. The summed E-state index contributed by atoms with van der Waals surface area (Å²) in [5.74, 6) is 0. The maximum Gasteiger partial charge on any atom is 0.416 e. The largest absolute Gasteiger partial charge is 0.416 e. The van der Waals surface area contributed by atoms with Gasteiger partial charge in [0.25, 0.3) is 10.0 Å². The Kier molecular flexibility index (Phi) is 5.34. The zero-order valence-corrected chi connectivity index (χ0v) is 15.4. The van der Waals surface area contributed by atoms with E-state index < -0.39 is 21.8 Å². The van der Waals surface area contributed by atoms with Crippen molar-refractivity contribution in [2.45, 2.75) is 18.0 Å². The average Bonchev–Trinajstić information content (AvgIpc) is 2.61. The van der Waals surface area contributed by atoms with Gasteiger partial charge in [-0.1, -0.05) is 17.7 Å². The molecule has 146 valence electrons. The van der Waals surface area contributed by atoms with Crippen LogP contribution in [0.5, 0.6) is 0 Å². The number of aryl methyl sites for hydroxylation is 1. The lowest BCUT2D eigenvalue weighted by Gasteiger charge is -2.29. The molecule has 2 aromatic rings. The molecule has 1 heterocycles. The van der Waals surface area contributed by atoms with Gasteiger partial charge in [0.1, 0.15) is 0 Å². The Morgan fingerprint density at radius 1 is 1.04 bits per heavy atom. The van der Waals surface area contributed by atoms with Crippen LogP contribution in [0, 0.1) is 6.92 Å². The molecule has 0 spiro atoms. The number of hydrogen-bond donors (Lipinski definition) is 1. The molecule has 3 rings (SSSR count). The molecular formula is C18H19F3N2O3S. The van der Waals surface area contributed by atoms with Crippen molar-refractivity contribution in [2.75, 3.05) is 35.9 Å². The molecule has 1 aliphatic rings. The van der Waals surface area contributed by atoms with Gasteiger partial charge in [0.05, 0.1) is 29.4 Å². The first-order valence-electron chi connectivity index (χ1n) is 8.30. The molecule has 9 heteroatoms. The van der Waals surface area contributed by atoms with Gasteiger partial charge in [0.15, 0.2) is 0 Å². The van der Waals surface area contributed by atoms with Crippen LogP contribution >= 0.6 is 0 Å². The number of morpholine rings is 1. The van der Waals surface area contributed by atoms with Gasteiger partial charge in [-0.2, -0.15) is 13.2 Å². The third kappa shape index (κ3) is 4.72. The van der Waals surface area contributed by atoms with Crippen LogP contribution in [0.2, 0.25) is 0 Å². The van der Waals surface area contributed by atoms with E-state index in [2.05, 4.69) is 4.72 Å². The van der Waals surface area contributed by atoms with Crippen molar-refractivity contribution < 1.29 is 26.3 Å². The Labute approximate surface area is 155 Å². The second kappa shape index (κ2) is 7.40. The highest BCUT2D eigenvalue weighted by Gasteiger charge is 2.32. The van der Waals surface area contributed by atoms with Crippen LogP contribution in [0.25, 0.3) is 0 Å². The molecule has 0 saturated carbocycles. The first-order chi connectivity index (χ1) is 12.6. The maximum atomic E-state index is 13.3.